The summed E-state index contributed by atoms with van der Waals surface area (Å²) in [6.07, 6.45) is 8.29. The number of pyridine rings is 1. The number of aliphatic hydroxyl groups is 1. The molecule has 4 rings (SSSR count). The Bertz CT molecular complexity index is 962. The van der Waals surface area contributed by atoms with E-state index in [0.717, 1.165) is 41.6 Å². The number of carbonyl (C=O) groups is 1. The van der Waals surface area contributed by atoms with Crippen LogP contribution in [0.1, 0.15) is 24.8 Å². The average Bonchev–Trinajstić information content (AvgIpc) is 3.11. The van der Waals surface area contributed by atoms with Crippen LogP contribution in [0.2, 0.25) is 0 Å². The van der Waals surface area contributed by atoms with Crippen molar-refractivity contribution in [1.82, 2.24) is 14.5 Å². The Morgan fingerprint density at radius 1 is 1.15 bits per heavy atom. The minimum Gasteiger partial charge on any atom is -0.394 e. The van der Waals surface area contributed by atoms with Crippen LogP contribution in [0.15, 0.2) is 60.8 Å². The molecule has 1 amide bonds. The SMILES string of the molecule is O=C(/C=C/c1c(-c2ccccc2)nn2ccccc12)N1CCCCC1CO. The largest absolute Gasteiger partial charge is 0.394 e. The van der Waals surface area contributed by atoms with E-state index in [1.807, 2.05) is 65.3 Å². The topological polar surface area (TPSA) is 57.8 Å². The average molecular weight is 361 g/mol. The molecule has 1 N–H and O–H groups in total. The standard InChI is InChI=1S/C22H23N3O2/c26-16-18-10-4-6-14-24(18)21(27)13-12-19-20-11-5-7-15-25(20)23-22(19)17-8-2-1-3-9-17/h1-3,5,7-9,11-13,15,18,26H,4,6,10,14,16H2/b13-12+. The lowest BCUT2D eigenvalue weighted by Crippen LogP contribution is -2.44. The molecule has 3 heterocycles. The van der Waals surface area contributed by atoms with Gasteiger partial charge >= 0.3 is 0 Å². The molecule has 0 bridgehead atoms. The number of rotatable bonds is 4. The maximum absolute atomic E-state index is 12.7. The molecule has 1 saturated heterocycles. The number of fused-ring (bicyclic) bond motifs is 1. The zero-order valence-electron chi connectivity index (χ0n) is 15.2. The molecule has 1 atom stereocenters. The van der Waals surface area contributed by atoms with Crippen LogP contribution in [0.5, 0.6) is 0 Å². The maximum atomic E-state index is 12.7. The van der Waals surface area contributed by atoms with Crippen LogP contribution >= 0.6 is 0 Å². The van der Waals surface area contributed by atoms with E-state index in [1.54, 1.807) is 11.0 Å². The van der Waals surface area contributed by atoms with Crippen LogP contribution in [0.25, 0.3) is 22.9 Å². The third-order valence-corrected chi connectivity index (χ3v) is 5.14. The van der Waals surface area contributed by atoms with Crippen molar-refractivity contribution in [2.45, 2.75) is 25.3 Å². The summed E-state index contributed by atoms with van der Waals surface area (Å²) in [6, 6.07) is 15.8. The normalized spacial score (nSPS) is 17.7. The van der Waals surface area contributed by atoms with Gasteiger partial charge in [0.25, 0.3) is 0 Å². The van der Waals surface area contributed by atoms with Gasteiger partial charge in [0.15, 0.2) is 0 Å². The first-order valence-electron chi connectivity index (χ1n) is 9.40. The Morgan fingerprint density at radius 2 is 1.96 bits per heavy atom. The van der Waals surface area contributed by atoms with Crippen molar-refractivity contribution in [3.8, 4) is 11.3 Å². The van der Waals surface area contributed by atoms with E-state index in [0.29, 0.717) is 6.54 Å². The van der Waals surface area contributed by atoms with Crippen molar-refractivity contribution < 1.29 is 9.90 Å². The second-order valence-corrected chi connectivity index (χ2v) is 6.86. The molecule has 1 aliphatic heterocycles. The molecule has 0 saturated carbocycles. The van der Waals surface area contributed by atoms with Gasteiger partial charge in [0.2, 0.25) is 5.91 Å². The molecule has 1 aliphatic rings. The van der Waals surface area contributed by atoms with Crippen LogP contribution in [0.4, 0.5) is 0 Å². The van der Waals surface area contributed by atoms with Crippen LogP contribution in [0, 0.1) is 0 Å². The van der Waals surface area contributed by atoms with Gasteiger partial charge in [0.1, 0.15) is 5.69 Å². The number of aromatic nitrogens is 2. The number of hydrogen-bond acceptors (Lipinski definition) is 3. The van der Waals surface area contributed by atoms with Gasteiger partial charge in [-0.2, -0.15) is 5.10 Å². The summed E-state index contributed by atoms with van der Waals surface area (Å²) >= 11 is 0. The Kier molecular flexibility index (Phi) is 5.03. The summed E-state index contributed by atoms with van der Waals surface area (Å²) < 4.78 is 1.84. The van der Waals surface area contributed by atoms with Crippen molar-refractivity contribution in [1.29, 1.82) is 0 Å². The van der Waals surface area contributed by atoms with Crippen LogP contribution in [0.3, 0.4) is 0 Å². The predicted octanol–water partition coefficient (Wildman–Crippen LogP) is 3.39. The smallest absolute Gasteiger partial charge is 0.246 e. The third-order valence-electron chi connectivity index (χ3n) is 5.14. The Hall–Kier alpha value is -2.92. The number of likely N-dealkylation sites (tertiary alicyclic amines) is 1. The first-order chi connectivity index (χ1) is 13.3. The van der Waals surface area contributed by atoms with Gasteiger partial charge < -0.3 is 10.0 Å². The molecule has 27 heavy (non-hydrogen) atoms. The highest BCUT2D eigenvalue weighted by molar-refractivity contribution is 5.95. The summed E-state index contributed by atoms with van der Waals surface area (Å²) in [5, 5.41) is 14.3. The molecule has 2 aromatic heterocycles. The van der Waals surface area contributed by atoms with E-state index in [4.69, 9.17) is 5.10 Å². The van der Waals surface area contributed by atoms with Gasteiger partial charge in [-0.3, -0.25) is 4.79 Å². The Morgan fingerprint density at radius 3 is 2.78 bits per heavy atom. The zero-order chi connectivity index (χ0) is 18.6. The lowest BCUT2D eigenvalue weighted by Gasteiger charge is -2.33. The lowest BCUT2D eigenvalue weighted by molar-refractivity contribution is -0.130. The van der Waals surface area contributed by atoms with Crippen molar-refractivity contribution in [3.63, 3.8) is 0 Å². The summed E-state index contributed by atoms with van der Waals surface area (Å²) in [4.78, 5) is 14.5. The highest BCUT2D eigenvalue weighted by Gasteiger charge is 2.24. The summed E-state index contributed by atoms with van der Waals surface area (Å²) in [5.41, 5.74) is 3.74. The Balaban J connectivity index is 1.70. The number of amides is 1. The van der Waals surface area contributed by atoms with Crippen molar-refractivity contribution in [2.75, 3.05) is 13.2 Å². The number of piperidine rings is 1. The van der Waals surface area contributed by atoms with Crippen LogP contribution < -0.4 is 0 Å². The van der Waals surface area contributed by atoms with Crippen molar-refractivity contribution in [2.24, 2.45) is 0 Å². The molecule has 0 radical (unpaired) electrons. The minimum absolute atomic E-state index is 0.0194. The molecule has 1 aromatic carbocycles. The van der Waals surface area contributed by atoms with Crippen molar-refractivity contribution in [3.05, 3.63) is 66.4 Å². The van der Waals surface area contributed by atoms with E-state index in [1.165, 1.54) is 0 Å². The van der Waals surface area contributed by atoms with Gasteiger partial charge in [-0.05, 0) is 37.5 Å². The number of aliphatic hydroxyl groups excluding tert-OH is 1. The second kappa shape index (κ2) is 7.76. The fourth-order valence-corrected chi connectivity index (χ4v) is 3.72. The van der Waals surface area contributed by atoms with Crippen LogP contribution in [-0.2, 0) is 4.79 Å². The molecule has 0 aliphatic carbocycles. The van der Waals surface area contributed by atoms with Gasteiger partial charge in [-0.1, -0.05) is 36.4 Å². The summed E-state index contributed by atoms with van der Waals surface area (Å²) in [6.45, 7) is 0.722. The molecule has 5 heteroatoms. The molecular formula is C22H23N3O2. The van der Waals surface area contributed by atoms with Gasteiger partial charge in [-0.25, -0.2) is 4.52 Å². The molecule has 5 nitrogen and oxygen atoms in total. The van der Waals surface area contributed by atoms with Crippen molar-refractivity contribution >= 4 is 17.5 Å². The number of hydrogen-bond donors (Lipinski definition) is 1. The quantitative estimate of drug-likeness (QED) is 0.725. The monoisotopic (exact) mass is 361 g/mol. The molecule has 1 fully saturated rings. The van der Waals surface area contributed by atoms with E-state index in [-0.39, 0.29) is 18.6 Å². The summed E-state index contributed by atoms with van der Waals surface area (Å²) in [7, 11) is 0. The first kappa shape index (κ1) is 17.5. The number of benzene rings is 1. The molecule has 138 valence electrons. The lowest BCUT2D eigenvalue weighted by atomic mass is 10.0. The predicted molar refractivity (Wildman–Crippen MR) is 106 cm³/mol. The number of carbonyl (C=O) groups excluding carboxylic acids is 1. The number of nitrogens with zero attached hydrogens (tertiary/aromatic N) is 3. The Labute approximate surface area is 158 Å². The molecule has 1 unspecified atom stereocenters. The second-order valence-electron chi connectivity index (χ2n) is 6.86. The van der Waals surface area contributed by atoms with Gasteiger partial charge in [0, 0.05) is 29.9 Å². The fourth-order valence-electron chi connectivity index (χ4n) is 3.72. The highest BCUT2D eigenvalue weighted by atomic mass is 16.3. The van der Waals surface area contributed by atoms with Gasteiger partial charge in [-0.15, -0.1) is 0 Å². The van der Waals surface area contributed by atoms with Crippen LogP contribution in [-0.4, -0.2) is 44.7 Å². The molecule has 0 spiro atoms. The minimum atomic E-state index is -0.0756. The van der Waals surface area contributed by atoms with E-state index >= 15 is 0 Å². The third kappa shape index (κ3) is 3.51. The van der Waals surface area contributed by atoms with E-state index in [2.05, 4.69) is 0 Å². The maximum Gasteiger partial charge on any atom is 0.246 e. The van der Waals surface area contributed by atoms with Gasteiger partial charge in [0.05, 0.1) is 18.2 Å². The molecule has 3 aromatic rings. The first-order valence-corrected chi connectivity index (χ1v) is 9.40. The van der Waals surface area contributed by atoms with E-state index in [9.17, 15) is 9.90 Å². The summed E-state index contributed by atoms with van der Waals surface area (Å²) in [5.74, 6) is -0.0527. The van der Waals surface area contributed by atoms with E-state index < -0.39 is 0 Å². The zero-order valence-corrected chi connectivity index (χ0v) is 15.2. The highest BCUT2D eigenvalue weighted by Crippen LogP contribution is 2.27. The molecular weight excluding hydrogens is 338 g/mol. The fraction of sp³-hybridized carbons (Fsp3) is 0.273.